The number of anilines is 1. The van der Waals surface area contributed by atoms with Crippen LogP contribution in [0.5, 0.6) is 0 Å². The van der Waals surface area contributed by atoms with Gasteiger partial charge in [-0.3, -0.25) is 4.79 Å². The molecule has 1 fully saturated rings. The number of piperidine rings is 1. The van der Waals surface area contributed by atoms with E-state index >= 15 is 0 Å². The van der Waals surface area contributed by atoms with E-state index in [0.717, 1.165) is 17.1 Å². The van der Waals surface area contributed by atoms with Crippen LogP contribution in [0, 0.1) is 0 Å². The van der Waals surface area contributed by atoms with Crippen LogP contribution in [0.3, 0.4) is 0 Å². The van der Waals surface area contributed by atoms with Gasteiger partial charge in [0, 0.05) is 18.5 Å². The lowest BCUT2D eigenvalue weighted by Gasteiger charge is -2.46. The number of aliphatic hydroxyl groups is 1. The summed E-state index contributed by atoms with van der Waals surface area (Å²) < 4.78 is 0. The molecule has 7 heteroatoms. The Morgan fingerprint density at radius 2 is 2.00 bits per heavy atom. The van der Waals surface area contributed by atoms with Crippen LogP contribution >= 0.6 is 11.3 Å². The van der Waals surface area contributed by atoms with E-state index < -0.39 is 11.6 Å². The summed E-state index contributed by atoms with van der Waals surface area (Å²) in [6.07, 6.45) is -0.246. The van der Waals surface area contributed by atoms with Crippen LogP contribution < -0.4 is 10.2 Å². The average Bonchev–Trinajstić information content (AvgIpc) is 3.31. The van der Waals surface area contributed by atoms with Crippen LogP contribution in [0.1, 0.15) is 47.8 Å². The molecule has 30 heavy (non-hydrogen) atoms. The molecule has 1 saturated heterocycles. The number of nitrogens with one attached hydrogen (secondary N) is 1. The van der Waals surface area contributed by atoms with Gasteiger partial charge in [0.25, 0.3) is 5.91 Å². The minimum absolute atomic E-state index is 0.173. The second-order valence-electron chi connectivity index (χ2n) is 7.99. The zero-order valence-corrected chi connectivity index (χ0v) is 18.0. The lowest BCUT2D eigenvalue weighted by molar-refractivity contribution is 0.0364. The molecule has 2 atom stereocenters. The Morgan fingerprint density at radius 3 is 2.60 bits per heavy atom. The minimum Gasteiger partial charge on any atom is -0.388 e. The van der Waals surface area contributed by atoms with Gasteiger partial charge in [0.05, 0.1) is 22.9 Å². The molecule has 1 aliphatic heterocycles. The normalized spacial score (nSPS) is 21.6. The molecule has 1 aromatic carbocycles. The van der Waals surface area contributed by atoms with Crippen molar-refractivity contribution in [3.63, 3.8) is 0 Å². The summed E-state index contributed by atoms with van der Waals surface area (Å²) in [6.45, 7) is 5.16. The zero-order valence-electron chi connectivity index (χ0n) is 17.2. The number of hydrogen-bond acceptors (Lipinski definition) is 6. The molecule has 3 heterocycles. The van der Waals surface area contributed by atoms with Crippen LogP contribution in [-0.4, -0.2) is 40.4 Å². The summed E-state index contributed by atoms with van der Waals surface area (Å²) in [5, 5.41) is 26.8. The number of rotatable bonds is 5. The second-order valence-corrected chi connectivity index (χ2v) is 8.77. The van der Waals surface area contributed by atoms with Crippen LogP contribution in [0.25, 0.3) is 0 Å². The fourth-order valence-electron chi connectivity index (χ4n) is 3.91. The Morgan fingerprint density at radius 1 is 1.20 bits per heavy atom. The van der Waals surface area contributed by atoms with E-state index in [1.54, 1.807) is 6.07 Å². The predicted octanol–water partition coefficient (Wildman–Crippen LogP) is 3.56. The highest BCUT2D eigenvalue weighted by Gasteiger charge is 2.45. The predicted molar refractivity (Wildman–Crippen MR) is 119 cm³/mol. The number of β-amino-alcohol motifs (C(OH)–C–C–N with tert-alkyl or cyclic N) is 1. The van der Waals surface area contributed by atoms with Gasteiger partial charge in [0.1, 0.15) is 0 Å². The molecule has 0 aliphatic carbocycles. The van der Waals surface area contributed by atoms with Crippen molar-refractivity contribution in [2.75, 3.05) is 18.0 Å². The Bertz CT molecular complexity index is 976. The Labute approximate surface area is 180 Å². The maximum Gasteiger partial charge on any atom is 0.252 e. The lowest BCUT2D eigenvalue weighted by atomic mass is 9.78. The molecule has 156 valence electrons. The molecule has 0 radical (unpaired) electrons. The summed E-state index contributed by atoms with van der Waals surface area (Å²) in [7, 11) is 0. The largest absolute Gasteiger partial charge is 0.388 e. The van der Waals surface area contributed by atoms with E-state index in [4.69, 9.17) is 0 Å². The molecule has 0 bridgehead atoms. The Kier molecular flexibility index (Phi) is 5.83. The highest BCUT2D eigenvalue weighted by atomic mass is 32.1. The number of aliphatic hydroxyl groups excluding tert-OH is 1. The number of amides is 1. The maximum absolute atomic E-state index is 12.9. The van der Waals surface area contributed by atoms with Crippen LogP contribution in [0.2, 0.25) is 0 Å². The summed E-state index contributed by atoms with van der Waals surface area (Å²) >= 11 is 1.48. The fraction of sp³-hybridized carbons (Fsp3) is 0.348. The van der Waals surface area contributed by atoms with Crippen LogP contribution in [0.15, 0.2) is 59.3 Å². The number of benzene rings is 1. The SMILES string of the molecule is CC(C)c1ccc(N2CC[C@](NC(=O)c3ccsc3)(c3ccccc3)[C@H](O)C2)nn1. The van der Waals surface area contributed by atoms with Gasteiger partial charge in [-0.1, -0.05) is 44.2 Å². The van der Waals surface area contributed by atoms with Gasteiger partial charge in [-0.15, -0.1) is 5.10 Å². The van der Waals surface area contributed by atoms with Crippen LogP contribution in [-0.2, 0) is 5.54 Å². The number of aromatic nitrogens is 2. The minimum atomic E-state index is -0.859. The Balaban J connectivity index is 1.60. The summed E-state index contributed by atoms with van der Waals surface area (Å²) in [5.74, 6) is 0.884. The first-order valence-electron chi connectivity index (χ1n) is 10.2. The summed E-state index contributed by atoms with van der Waals surface area (Å²) in [5.41, 5.74) is 1.60. The lowest BCUT2D eigenvalue weighted by Crippen LogP contribution is -2.62. The monoisotopic (exact) mass is 422 g/mol. The molecule has 0 saturated carbocycles. The standard InChI is InChI=1S/C23H26N4O2S/c1-16(2)19-8-9-21(26-25-19)27-12-11-23(20(28)14-27,18-6-4-3-5-7-18)24-22(29)17-10-13-30-15-17/h3-10,13,15-16,20,28H,11-12,14H2,1-2H3,(H,24,29)/t20-,23+/m1/s1. The molecular weight excluding hydrogens is 396 g/mol. The number of nitrogens with zero attached hydrogens (tertiary/aromatic N) is 3. The van der Waals surface area contributed by atoms with E-state index in [9.17, 15) is 9.90 Å². The van der Waals surface area contributed by atoms with E-state index in [1.165, 1.54) is 11.3 Å². The first kappa shape index (κ1) is 20.5. The first-order valence-corrected chi connectivity index (χ1v) is 11.1. The van der Waals surface area contributed by atoms with E-state index in [0.29, 0.717) is 31.0 Å². The van der Waals surface area contributed by atoms with Gasteiger partial charge in [0.2, 0.25) is 0 Å². The molecule has 2 N–H and O–H groups in total. The molecule has 4 rings (SSSR count). The van der Waals surface area contributed by atoms with Crippen molar-refractivity contribution >= 4 is 23.1 Å². The summed E-state index contributed by atoms with van der Waals surface area (Å²) in [4.78, 5) is 14.9. The summed E-state index contributed by atoms with van der Waals surface area (Å²) in [6, 6.07) is 15.5. The molecule has 0 unspecified atom stereocenters. The van der Waals surface area contributed by atoms with Gasteiger partial charge in [-0.05, 0) is 41.5 Å². The van der Waals surface area contributed by atoms with Crippen molar-refractivity contribution in [2.45, 2.75) is 37.8 Å². The van der Waals surface area contributed by atoms with Gasteiger partial charge >= 0.3 is 0 Å². The van der Waals surface area contributed by atoms with Gasteiger partial charge in [0.15, 0.2) is 5.82 Å². The molecular formula is C23H26N4O2S. The van der Waals surface area contributed by atoms with E-state index in [1.807, 2.05) is 58.1 Å². The first-order chi connectivity index (χ1) is 14.5. The number of hydrogen-bond donors (Lipinski definition) is 2. The number of carbonyl (C=O) groups is 1. The van der Waals surface area contributed by atoms with Crippen molar-refractivity contribution in [3.8, 4) is 0 Å². The smallest absolute Gasteiger partial charge is 0.252 e. The van der Waals surface area contributed by atoms with Crippen LogP contribution in [0.4, 0.5) is 5.82 Å². The van der Waals surface area contributed by atoms with Crippen molar-refractivity contribution in [1.82, 2.24) is 15.5 Å². The van der Waals surface area contributed by atoms with Crippen molar-refractivity contribution < 1.29 is 9.90 Å². The van der Waals surface area contributed by atoms with Gasteiger partial charge in [-0.25, -0.2) is 0 Å². The zero-order chi connectivity index (χ0) is 21.1. The fourth-order valence-corrected chi connectivity index (χ4v) is 4.55. The van der Waals surface area contributed by atoms with E-state index in [-0.39, 0.29) is 5.91 Å². The van der Waals surface area contributed by atoms with E-state index in [2.05, 4.69) is 29.4 Å². The third-order valence-corrected chi connectivity index (χ3v) is 6.42. The number of thiophene rings is 1. The highest BCUT2D eigenvalue weighted by Crippen LogP contribution is 2.35. The van der Waals surface area contributed by atoms with Gasteiger partial charge < -0.3 is 15.3 Å². The molecule has 1 amide bonds. The van der Waals surface area contributed by atoms with Gasteiger partial charge in [-0.2, -0.15) is 16.4 Å². The van der Waals surface area contributed by atoms with Crippen molar-refractivity contribution in [3.05, 3.63) is 76.1 Å². The Hall–Kier alpha value is -2.77. The van der Waals surface area contributed by atoms with Crippen molar-refractivity contribution in [2.24, 2.45) is 0 Å². The number of carbonyl (C=O) groups excluding carboxylic acids is 1. The third kappa shape index (κ3) is 3.95. The molecule has 0 spiro atoms. The molecule has 3 aromatic rings. The molecule has 6 nitrogen and oxygen atoms in total. The quantitative estimate of drug-likeness (QED) is 0.657. The molecule has 2 aromatic heterocycles. The highest BCUT2D eigenvalue weighted by molar-refractivity contribution is 7.08. The maximum atomic E-state index is 12.9. The second kappa shape index (κ2) is 8.53. The third-order valence-electron chi connectivity index (χ3n) is 5.73. The topological polar surface area (TPSA) is 78.4 Å². The average molecular weight is 423 g/mol. The molecule has 1 aliphatic rings. The van der Waals surface area contributed by atoms with Crippen molar-refractivity contribution in [1.29, 1.82) is 0 Å².